The number of anilines is 1. The van der Waals surface area contributed by atoms with E-state index in [-0.39, 0.29) is 17.3 Å². The molecule has 1 N–H and O–H groups in total. The molecule has 6 nitrogen and oxygen atoms in total. The van der Waals surface area contributed by atoms with Gasteiger partial charge in [0, 0.05) is 10.2 Å². The number of amides is 3. The van der Waals surface area contributed by atoms with E-state index in [1.165, 1.54) is 12.1 Å². The molecule has 178 valence electrons. The Bertz CT molecular complexity index is 1330. The second-order valence-electron chi connectivity index (χ2n) is 7.43. The third-order valence-electron chi connectivity index (χ3n) is 4.85. The van der Waals surface area contributed by atoms with E-state index in [2.05, 4.69) is 21.2 Å². The summed E-state index contributed by atoms with van der Waals surface area (Å²) in [4.78, 5) is 38.7. The number of carbonyl (C=O) groups excluding carboxylic acids is 3. The van der Waals surface area contributed by atoms with Crippen molar-refractivity contribution in [2.75, 3.05) is 11.9 Å². The van der Waals surface area contributed by atoms with Crippen molar-refractivity contribution >= 4 is 68.1 Å². The molecule has 3 aromatic carbocycles. The molecule has 3 amide bonds. The first-order chi connectivity index (χ1) is 16.8. The summed E-state index contributed by atoms with van der Waals surface area (Å²) >= 11 is 10.1. The molecule has 0 aromatic heterocycles. The molecule has 0 spiro atoms. The van der Waals surface area contributed by atoms with E-state index in [1.807, 2.05) is 0 Å². The highest BCUT2D eigenvalue weighted by atomic mass is 79.9. The number of benzene rings is 3. The van der Waals surface area contributed by atoms with Crippen molar-refractivity contribution in [3.8, 4) is 5.75 Å². The maximum absolute atomic E-state index is 13.0. The minimum Gasteiger partial charge on any atom is -0.489 e. The first kappa shape index (κ1) is 25.0. The highest BCUT2D eigenvalue weighted by Crippen LogP contribution is 2.33. The van der Waals surface area contributed by atoms with Crippen LogP contribution in [0.3, 0.4) is 0 Å². The van der Waals surface area contributed by atoms with Crippen LogP contribution >= 0.6 is 39.3 Å². The zero-order chi connectivity index (χ0) is 24.9. The number of halogens is 3. The smallest absolute Gasteiger partial charge is 0.294 e. The van der Waals surface area contributed by atoms with Crippen LogP contribution in [0.1, 0.15) is 11.1 Å². The van der Waals surface area contributed by atoms with Crippen LogP contribution in [0.4, 0.5) is 14.9 Å². The third-order valence-corrected chi connectivity index (χ3v) is 6.99. The van der Waals surface area contributed by atoms with Crippen molar-refractivity contribution in [2.45, 2.75) is 6.61 Å². The molecule has 0 aliphatic carbocycles. The molecule has 4 rings (SSSR count). The summed E-state index contributed by atoms with van der Waals surface area (Å²) in [6, 6.07) is 17.9. The Morgan fingerprint density at radius 3 is 2.63 bits per heavy atom. The molecule has 1 aliphatic rings. The van der Waals surface area contributed by atoms with Crippen LogP contribution in [0.25, 0.3) is 6.08 Å². The van der Waals surface area contributed by atoms with Crippen molar-refractivity contribution in [3.63, 3.8) is 0 Å². The van der Waals surface area contributed by atoms with Crippen LogP contribution in [0.2, 0.25) is 5.02 Å². The number of thioether (sulfide) groups is 1. The highest BCUT2D eigenvalue weighted by molar-refractivity contribution is 9.10. The molecule has 10 heteroatoms. The highest BCUT2D eigenvalue weighted by Gasteiger charge is 2.36. The number of carbonyl (C=O) groups is 3. The molecule has 1 saturated heterocycles. The SMILES string of the molecule is O=C(CN1C(=O)S/C(=C/c2cccc(OCc3ccc(F)cc3)c2)C1=O)Nc1ccc(Br)c(Cl)c1. The molecule has 1 fully saturated rings. The summed E-state index contributed by atoms with van der Waals surface area (Å²) in [5.41, 5.74) is 1.91. The van der Waals surface area contributed by atoms with Crippen LogP contribution in [0.5, 0.6) is 5.75 Å². The summed E-state index contributed by atoms with van der Waals surface area (Å²) in [6.45, 7) is -0.171. The van der Waals surface area contributed by atoms with Gasteiger partial charge in [-0.1, -0.05) is 35.9 Å². The number of hydrogen-bond acceptors (Lipinski definition) is 5. The second kappa shape index (κ2) is 11.1. The van der Waals surface area contributed by atoms with Gasteiger partial charge in [-0.25, -0.2) is 4.39 Å². The largest absolute Gasteiger partial charge is 0.489 e. The summed E-state index contributed by atoms with van der Waals surface area (Å²) in [6.07, 6.45) is 1.57. The van der Waals surface area contributed by atoms with E-state index in [1.54, 1.807) is 60.7 Å². The number of hydrogen-bond donors (Lipinski definition) is 1. The van der Waals surface area contributed by atoms with Gasteiger partial charge in [-0.05, 0) is 87.4 Å². The fraction of sp³-hybridized carbons (Fsp3) is 0.0800. The van der Waals surface area contributed by atoms with E-state index in [9.17, 15) is 18.8 Å². The zero-order valence-electron chi connectivity index (χ0n) is 18.0. The molecule has 3 aromatic rings. The number of nitrogens with one attached hydrogen (secondary N) is 1. The summed E-state index contributed by atoms with van der Waals surface area (Å²) in [5, 5.41) is 2.51. The van der Waals surface area contributed by atoms with Gasteiger partial charge in [0.25, 0.3) is 11.1 Å². The van der Waals surface area contributed by atoms with Gasteiger partial charge in [0.05, 0.1) is 9.93 Å². The summed E-state index contributed by atoms with van der Waals surface area (Å²) in [5.74, 6) is -0.848. The fourth-order valence-corrected chi connectivity index (χ4v) is 4.41. The summed E-state index contributed by atoms with van der Waals surface area (Å²) in [7, 11) is 0. The number of ether oxygens (including phenoxy) is 1. The summed E-state index contributed by atoms with van der Waals surface area (Å²) < 4.78 is 19.5. The maximum atomic E-state index is 13.0. The number of rotatable bonds is 7. The molecule has 0 bridgehead atoms. The lowest BCUT2D eigenvalue weighted by Gasteiger charge is -2.12. The van der Waals surface area contributed by atoms with Crippen LogP contribution < -0.4 is 10.1 Å². The first-order valence-corrected chi connectivity index (χ1v) is 12.2. The second-order valence-corrected chi connectivity index (χ2v) is 9.69. The van der Waals surface area contributed by atoms with Crippen molar-refractivity contribution < 1.29 is 23.5 Å². The minimum atomic E-state index is -0.554. The average Bonchev–Trinajstić information content (AvgIpc) is 3.08. The molecule has 0 radical (unpaired) electrons. The Balaban J connectivity index is 1.39. The molecule has 1 aliphatic heterocycles. The molecule has 0 saturated carbocycles. The Hall–Kier alpha value is -3.14. The Morgan fingerprint density at radius 2 is 1.89 bits per heavy atom. The predicted octanol–water partition coefficient (Wildman–Crippen LogP) is 6.50. The minimum absolute atomic E-state index is 0.199. The molecule has 0 unspecified atom stereocenters. The molecule has 1 heterocycles. The van der Waals surface area contributed by atoms with Gasteiger partial charge in [0.1, 0.15) is 24.7 Å². The topological polar surface area (TPSA) is 75.7 Å². The van der Waals surface area contributed by atoms with E-state index in [4.69, 9.17) is 16.3 Å². The third kappa shape index (κ3) is 6.50. The lowest BCUT2D eigenvalue weighted by Crippen LogP contribution is -2.36. The first-order valence-electron chi connectivity index (χ1n) is 10.3. The molecular weight excluding hydrogens is 559 g/mol. The van der Waals surface area contributed by atoms with Crippen molar-refractivity contribution in [2.24, 2.45) is 0 Å². The lowest BCUT2D eigenvalue weighted by molar-refractivity contribution is -0.127. The van der Waals surface area contributed by atoms with Gasteiger partial charge >= 0.3 is 0 Å². The molecule has 0 atom stereocenters. The van der Waals surface area contributed by atoms with Crippen molar-refractivity contribution in [1.82, 2.24) is 4.90 Å². The van der Waals surface area contributed by atoms with Crippen molar-refractivity contribution in [1.29, 1.82) is 0 Å². The van der Waals surface area contributed by atoms with Gasteiger partial charge in [0.2, 0.25) is 5.91 Å². The van der Waals surface area contributed by atoms with Crippen LogP contribution in [-0.4, -0.2) is 28.5 Å². The zero-order valence-corrected chi connectivity index (χ0v) is 21.1. The van der Waals surface area contributed by atoms with Crippen molar-refractivity contribution in [3.05, 3.63) is 98.1 Å². The Kier molecular flexibility index (Phi) is 7.90. The monoisotopic (exact) mass is 574 g/mol. The van der Waals surface area contributed by atoms with Gasteiger partial charge < -0.3 is 10.1 Å². The van der Waals surface area contributed by atoms with E-state index in [0.29, 0.717) is 26.5 Å². The standard InChI is InChI=1S/C25H17BrClFN2O4S/c26-20-9-8-18(12-21(20)27)29-23(31)13-30-24(32)22(35-25(30)33)11-16-2-1-3-19(10-16)34-14-15-4-6-17(28)7-5-15/h1-12H,13-14H2,(H,29,31)/b22-11+. The van der Waals surface area contributed by atoms with Gasteiger partial charge in [-0.3, -0.25) is 19.3 Å². The van der Waals surface area contributed by atoms with Crippen LogP contribution in [0, 0.1) is 5.82 Å². The Morgan fingerprint density at radius 1 is 1.11 bits per heavy atom. The molecule has 35 heavy (non-hydrogen) atoms. The number of imide groups is 1. The average molecular weight is 576 g/mol. The quantitative estimate of drug-likeness (QED) is 0.326. The Labute approximate surface area is 218 Å². The molecular formula is C25H17BrClFN2O4S. The predicted molar refractivity (Wildman–Crippen MR) is 138 cm³/mol. The van der Waals surface area contributed by atoms with E-state index in [0.717, 1.165) is 22.2 Å². The normalized spacial score (nSPS) is 14.5. The fourth-order valence-electron chi connectivity index (χ4n) is 3.15. The van der Waals surface area contributed by atoms with Gasteiger partial charge in [-0.15, -0.1) is 0 Å². The van der Waals surface area contributed by atoms with E-state index >= 15 is 0 Å². The lowest BCUT2D eigenvalue weighted by atomic mass is 10.2. The van der Waals surface area contributed by atoms with Crippen LogP contribution in [0.15, 0.2) is 76.1 Å². The number of nitrogens with zero attached hydrogens (tertiary/aromatic N) is 1. The van der Waals surface area contributed by atoms with Gasteiger partial charge in [0.15, 0.2) is 0 Å². The van der Waals surface area contributed by atoms with E-state index < -0.39 is 23.6 Å². The van der Waals surface area contributed by atoms with Crippen LogP contribution in [-0.2, 0) is 16.2 Å². The maximum Gasteiger partial charge on any atom is 0.294 e. The van der Waals surface area contributed by atoms with Gasteiger partial charge in [-0.2, -0.15) is 0 Å².